The largest absolute Gasteiger partial charge is 0.480 e. The third-order valence-corrected chi connectivity index (χ3v) is 3.76. The average Bonchev–Trinajstić information content (AvgIpc) is 2.46. The average molecular weight is 289 g/mol. The van der Waals surface area contributed by atoms with Gasteiger partial charge in [-0.25, -0.2) is 4.79 Å². The molecule has 0 amide bonds. The summed E-state index contributed by atoms with van der Waals surface area (Å²) in [6.07, 6.45) is 1.23. The summed E-state index contributed by atoms with van der Waals surface area (Å²) >= 11 is 0. The lowest BCUT2D eigenvalue weighted by molar-refractivity contribution is -0.384. The summed E-state index contributed by atoms with van der Waals surface area (Å²) in [4.78, 5) is 23.6. The monoisotopic (exact) mass is 289 g/mol. The van der Waals surface area contributed by atoms with Gasteiger partial charge in [0.2, 0.25) is 0 Å². The van der Waals surface area contributed by atoms with E-state index in [1.165, 1.54) is 18.2 Å². The third kappa shape index (κ3) is 2.94. The van der Waals surface area contributed by atoms with Crippen LogP contribution in [-0.2, 0) is 4.79 Å². The van der Waals surface area contributed by atoms with E-state index in [4.69, 9.17) is 5.26 Å². The number of carbonyl (C=O) groups is 1. The highest BCUT2D eigenvalue weighted by atomic mass is 16.6. The number of anilines is 1. The van der Waals surface area contributed by atoms with Gasteiger partial charge in [-0.3, -0.25) is 10.1 Å². The second kappa shape index (κ2) is 5.79. The van der Waals surface area contributed by atoms with E-state index >= 15 is 0 Å². The molecule has 0 aliphatic carbocycles. The Bertz CT molecular complexity index is 623. The van der Waals surface area contributed by atoms with Crippen LogP contribution in [0.1, 0.15) is 25.3 Å². The van der Waals surface area contributed by atoms with Gasteiger partial charge in [0, 0.05) is 12.6 Å². The van der Waals surface area contributed by atoms with E-state index in [0.717, 1.165) is 6.42 Å². The molecule has 1 aliphatic rings. The summed E-state index contributed by atoms with van der Waals surface area (Å²) in [7, 11) is 0. The van der Waals surface area contributed by atoms with Gasteiger partial charge in [-0.15, -0.1) is 0 Å². The lowest BCUT2D eigenvalue weighted by Gasteiger charge is -2.37. The Morgan fingerprint density at radius 3 is 2.86 bits per heavy atom. The van der Waals surface area contributed by atoms with Crippen molar-refractivity contribution in [3.63, 3.8) is 0 Å². The molecule has 2 unspecified atom stereocenters. The first kappa shape index (κ1) is 14.8. The van der Waals surface area contributed by atoms with Gasteiger partial charge in [0.25, 0.3) is 5.69 Å². The summed E-state index contributed by atoms with van der Waals surface area (Å²) in [6.45, 7) is 2.42. The molecule has 0 radical (unpaired) electrons. The number of benzene rings is 1. The van der Waals surface area contributed by atoms with Gasteiger partial charge in [-0.2, -0.15) is 5.26 Å². The Morgan fingerprint density at radius 1 is 1.57 bits per heavy atom. The molecular weight excluding hydrogens is 274 g/mol. The van der Waals surface area contributed by atoms with Crippen LogP contribution >= 0.6 is 0 Å². The minimum atomic E-state index is -0.986. The van der Waals surface area contributed by atoms with Crippen LogP contribution < -0.4 is 4.90 Å². The maximum Gasteiger partial charge on any atom is 0.326 e. The molecule has 1 aliphatic heterocycles. The van der Waals surface area contributed by atoms with E-state index < -0.39 is 16.9 Å². The fraction of sp³-hybridized carbons (Fsp3) is 0.429. The van der Waals surface area contributed by atoms with E-state index in [2.05, 4.69) is 0 Å². The van der Waals surface area contributed by atoms with Crippen molar-refractivity contribution in [3.8, 4) is 6.07 Å². The Morgan fingerprint density at radius 2 is 2.29 bits per heavy atom. The number of hydrogen-bond donors (Lipinski definition) is 1. The molecule has 0 spiro atoms. The van der Waals surface area contributed by atoms with Gasteiger partial charge in [-0.1, -0.05) is 6.92 Å². The minimum Gasteiger partial charge on any atom is -0.480 e. The maximum atomic E-state index is 11.4. The maximum absolute atomic E-state index is 11.4. The number of aliphatic carboxylic acids is 1. The van der Waals surface area contributed by atoms with Gasteiger partial charge in [0.15, 0.2) is 0 Å². The van der Waals surface area contributed by atoms with Crippen LogP contribution in [0, 0.1) is 27.4 Å². The van der Waals surface area contributed by atoms with Gasteiger partial charge in [0.05, 0.1) is 16.6 Å². The van der Waals surface area contributed by atoms with Crippen molar-refractivity contribution >= 4 is 17.3 Å². The highest BCUT2D eigenvalue weighted by molar-refractivity contribution is 5.80. The molecule has 0 saturated carbocycles. The molecule has 1 aromatic rings. The predicted octanol–water partition coefficient (Wildman–Crippen LogP) is 2.16. The molecule has 110 valence electrons. The molecule has 1 saturated heterocycles. The van der Waals surface area contributed by atoms with Gasteiger partial charge in [0.1, 0.15) is 11.7 Å². The van der Waals surface area contributed by atoms with Crippen molar-refractivity contribution in [2.45, 2.75) is 25.8 Å². The van der Waals surface area contributed by atoms with Crippen molar-refractivity contribution in [1.29, 1.82) is 5.26 Å². The van der Waals surface area contributed by atoms with Crippen LogP contribution in [0.25, 0.3) is 0 Å². The fourth-order valence-corrected chi connectivity index (χ4v) is 2.65. The Kier molecular flexibility index (Phi) is 4.08. The van der Waals surface area contributed by atoms with E-state index in [-0.39, 0.29) is 22.9 Å². The summed E-state index contributed by atoms with van der Waals surface area (Å²) < 4.78 is 0. The molecular formula is C14H15N3O4. The number of nitro benzene ring substituents is 1. The molecule has 1 aromatic carbocycles. The van der Waals surface area contributed by atoms with Crippen molar-refractivity contribution in [2.75, 3.05) is 11.4 Å². The normalized spacial score (nSPS) is 21.6. The summed E-state index contributed by atoms with van der Waals surface area (Å²) in [5.74, 6) is -0.722. The van der Waals surface area contributed by atoms with Crippen LogP contribution in [-0.4, -0.2) is 28.6 Å². The molecule has 1 fully saturated rings. The second-order valence-corrected chi connectivity index (χ2v) is 5.25. The first-order valence-electron chi connectivity index (χ1n) is 6.62. The minimum absolute atomic E-state index is 0.183. The first-order chi connectivity index (χ1) is 9.93. The number of nitrogens with zero attached hydrogens (tertiary/aromatic N) is 3. The molecule has 7 heteroatoms. The molecule has 21 heavy (non-hydrogen) atoms. The summed E-state index contributed by atoms with van der Waals surface area (Å²) in [6, 6.07) is 5.20. The molecule has 0 bridgehead atoms. The molecule has 0 aromatic heterocycles. The van der Waals surface area contributed by atoms with Crippen LogP contribution in [0.5, 0.6) is 0 Å². The zero-order chi connectivity index (χ0) is 15.6. The predicted molar refractivity (Wildman–Crippen MR) is 75.0 cm³/mol. The van der Waals surface area contributed by atoms with E-state index in [1.807, 2.05) is 13.0 Å². The quantitative estimate of drug-likeness (QED) is 0.674. The number of nitro groups is 1. The Hall–Kier alpha value is -2.62. The Balaban J connectivity index is 2.46. The van der Waals surface area contributed by atoms with Crippen molar-refractivity contribution in [1.82, 2.24) is 0 Å². The third-order valence-electron chi connectivity index (χ3n) is 3.76. The van der Waals surface area contributed by atoms with Gasteiger partial charge < -0.3 is 10.0 Å². The molecule has 1 N–H and O–H groups in total. The van der Waals surface area contributed by atoms with E-state index in [0.29, 0.717) is 13.0 Å². The second-order valence-electron chi connectivity index (χ2n) is 5.25. The van der Waals surface area contributed by atoms with Crippen LogP contribution in [0.15, 0.2) is 18.2 Å². The van der Waals surface area contributed by atoms with Crippen LogP contribution in [0.4, 0.5) is 11.4 Å². The number of hydrogen-bond acceptors (Lipinski definition) is 5. The molecule has 2 atom stereocenters. The molecule has 2 rings (SSSR count). The number of nitriles is 1. The zero-order valence-electron chi connectivity index (χ0n) is 11.5. The number of rotatable bonds is 3. The van der Waals surface area contributed by atoms with Crippen molar-refractivity contribution in [3.05, 3.63) is 33.9 Å². The van der Waals surface area contributed by atoms with Crippen molar-refractivity contribution in [2.24, 2.45) is 5.92 Å². The summed E-state index contributed by atoms with van der Waals surface area (Å²) in [5, 5.41) is 29.4. The molecule has 1 heterocycles. The smallest absolute Gasteiger partial charge is 0.326 e. The number of carboxylic acid groups (broad SMARTS) is 1. The topological polar surface area (TPSA) is 107 Å². The number of piperidine rings is 1. The highest BCUT2D eigenvalue weighted by Crippen LogP contribution is 2.35. The van der Waals surface area contributed by atoms with E-state index in [9.17, 15) is 20.0 Å². The van der Waals surface area contributed by atoms with Gasteiger partial charge in [-0.05, 0) is 30.9 Å². The molecule has 7 nitrogen and oxygen atoms in total. The standard InChI is InChI=1S/C14H15N3O4/c1-9-4-5-16(13(6-9)14(18)19)11-3-2-10(8-15)7-12(11)17(20)21/h2-3,7,9,13H,4-6H2,1H3,(H,18,19). The first-order valence-corrected chi connectivity index (χ1v) is 6.62. The zero-order valence-corrected chi connectivity index (χ0v) is 11.5. The van der Waals surface area contributed by atoms with Crippen molar-refractivity contribution < 1.29 is 14.8 Å². The number of carboxylic acids is 1. The highest BCUT2D eigenvalue weighted by Gasteiger charge is 2.35. The lowest BCUT2D eigenvalue weighted by atomic mass is 9.91. The Labute approximate surface area is 121 Å². The fourth-order valence-electron chi connectivity index (χ4n) is 2.65. The SMILES string of the molecule is CC1CCN(c2ccc(C#N)cc2[N+](=O)[O-])C(C(=O)O)C1. The van der Waals surface area contributed by atoms with E-state index in [1.54, 1.807) is 4.90 Å². The van der Waals surface area contributed by atoms with Gasteiger partial charge >= 0.3 is 5.97 Å². The summed E-state index contributed by atoms with van der Waals surface area (Å²) in [5.41, 5.74) is 0.218. The van der Waals surface area contributed by atoms with Crippen LogP contribution in [0.3, 0.4) is 0 Å². The van der Waals surface area contributed by atoms with Crippen LogP contribution in [0.2, 0.25) is 0 Å². The lowest BCUT2D eigenvalue weighted by Crippen LogP contribution is -2.47.